The standard InChI is InChI=1S/C41H51N5O6S/c1-26(2)23-45-24-41(6)34(39(45)52)46(25-53-41)38(51)32(47)30(22-27-16-10-7-11-17-27)42-37(50)33(40(3,4)5)44-36(49)31(28-18-12-8-13-19-28)43-35(48)29-20-14-9-15-21-29/h7-21,26,30-34,47H,22-25H2,1-6H3,(H,42,50)(H,43,48)(H,44,49)/t30-,31-,32-,33+,34-,41?/m0/s1. The van der Waals surface area contributed by atoms with Crippen LogP contribution in [0.15, 0.2) is 91.0 Å². The van der Waals surface area contributed by atoms with Crippen LogP contribution in [0.4, 0.5) is 0 Å². The maximum absolute atomic E-state index is 14.3. The molecule has 53 heavy (non-hydrogen) atoms. The van der Waals surface area contributed by atoms with Crippen LogP contribution in [0.1, 0.15) is 69.1 Å². The number of benzene rings is 3. The van der Waals surface area contributed by atoms with Gasteiger partial charge in [-0.15, -0.1) is 11.8 Å². The average Bonchev–Trinajstić information content (AvgIpc) is 3.59. The molecule has 2 aliphatic rings. The lowest BCUT2D eigenvalue weighted by atomic mass is 9.85. The summed E-state index contributed by atoms with van der Waals surface area (Å²) >= 11 is 1.52. The fourth-order valence-corrected chi connectivity index (χ4v) is 8.35. The van der Waals surface area contributed by atoms with E-state index >= 15 is 0 Å². The van der Waals surface area contributed by atoms with Crippen LogP contribution in [-0.2, 0) is 25.6 Å². The second-order valence-corrected chi connectivity index (χ2v) is 17.1. The molecule has 0 aromatic heterocycles. The van der Waals surface area contributed by atoms with E-state index in [0.717, 1.165) is 5.56 Å². The zero-order valence-electron chi connectivity index (χ0n) is 31.2. The predicted octanol–water partition coefficient (Wildman–Crippen LogP) is 3.94. The maximum Gasteiger partial charge on any atom is 0.254 e. The van der Waals surface area contributed by atoms with Crippen molar-refractivity contribution in [3.63, 3.8) is 0 Å². The molecule has 3 aromatic carbocycles. The quantitative estimate of drug-likeness (QED) is 0.208. The molecular formula is C41H51N5O6S. The highest BCUT2D eigenvalue weighted by molar-refractivity contribution is 8.01. The number of carbonyl (C=O) groups excluding carboxylic acids is 5. The summed E-state index contributed by atoms with van der Waals surface area (Å²) in [5, 5.41) is 20.4. The van der Waals surface area contributed by atoms with Gasteiger partial charge in [-0.05, 0) is 47.9 Å². The molecule has 2 saturated heterocycles. The number of hydrogen-bond donors (Lipinski definition) is 4. The number of aliphatic hydroxyl groups is 1. The van der Waals surface area contributed by atoms with Crippen molar-refractivity contribution in [1.29, 1.82) is 0 Å². The van der Waals surface area contributed by atoms with Gasteiger partial charge in [-0.25, -0.2) is 0 Å². The summed E-state index contributed by atoms with van der Waals surface area (Å²) in [5.41, 5.74) is 0.835. The van der Waals surface area contributed by atoms with E-state index in [4.69, 9.17) is 0 Å². The Morgan fingerprint density at radius 2 is 1.45 bits per heavy atom. The summed E-state index contributed by atoms with van der Waals surface area (Å²) in [4.78, 5) is 72.6. The Balaban J connectivity index is 1.39. The number of thioether (sulfide) groups is 1. The molecule has 0 bridgehead atoms. The van der Waals surface area contributed by atoms with Gasteiger partial charge in [0.05, 0.1) is 16.7 Å². The Morgan fingerprint density at radius 3 is 2.04 bits per heavy atom. The highest BCUT2D eigenvalue weighted by Crippen LogP contribution is 2.45. The van der Waals surface area contributed by atoms with Gasteiger partial charge in [-0.1, -0.05) is 113 Å². The number of nitrogens with one attached hydrogen (secondary N) is 3. The van der Waals surface area contributed by atoms with Gasteiger partial charge >= 0.3 is 0 Å². The van der Waals surface area contributed by atoms with Gasteiger partial charge in [0.1, 0.15) is 18.1 Å². The highest BCUT2D eigenvalue weighted by Gasteiger charge is 2.58. The third-order valence-corrected chi connectivity index (χ3v) is 11.1. The molecule has 6 atom stereocenters. The van der Waals surface area contributed by atoms with E-state index in [-0.39, 0.29) is 24.1 Å². The smallest absolute Gasteiger partial charge is 0.254 e. The van der Waals surface area contributed by atoms with Crippen molar-refractivity contribution in [3.05, 3.63) is 108 Å². The summed E-state index contributed by atoms with van der Waals surface area (Å²) in [6.07, 6.45) is -1.58. The van der Waals surface area contributed by atoms with Crippen LogP contribution < -0.4 is 16.0 Å². The molecule has 0 aliphatic carbocycles. The van der Waals surface area contributed by atoms with Crippen LogP contribution in [0, 0.1) is 11.3 Å². The normalized spacial score (nSPS) is 20.7. The maximum atomic E-state index is 14.3. The van der Waals surface area contributed by atoms with E-state index in [9.17, 15) is 29.1 Å². The molecule has 1 unspecified atom stereocenters. The second-order valence-electron chi connectivity index (χ2n) is 15.6. The fraction of sp³-hybridized carbons (Fsp3) is 0.439. The minimum atomic E-state index is -1.69. The molecule has 0 spiro atoms. The molecule has 2 aliphatic heterocycles. The summed E-state index contributed by atoms with van der Waals surface area (Å²) in [6, 6.07) is 22.4. The van der Waals surface area contributed by atoms with Crippen molar-refractivity contribution < 1.29 is 29.1 Å². The van der Waals surface area contributed by atoms with Gasteiger partial charge in [0.25, 0.3) is 11.8 Å². The summed E-state index contributed by atoms with van der Waals surface area (Å²) in [7, 11) is 0. The second kappa shape index (κ2) is 16.6. The molecule has 3 aromatic rings. The lowest BCUT2D eigenvalue weighted by Gasteiger charge is -2.35. The molecule has 5 rings (SSSR count). The number of rotatable bonds is 13. The molecule has 12 heteroatoms. The van der Waals surface area contributed by atoms with Crippen LogP contribution in [-0.4, -0.2) is 92.4 Å². The third kappa shape index (κ3) is 9.28. The lowest BCUT2D eigenvalue weighted by molar-refractivity contribution is -0.148. The van der Waals surface area contributed by atoms with Gasteiger partial charge in [0, 0.05) is 18.7 Å². The number of hydrogen-bond acceptors (Lipinski definition) is 7. The van der Waals surface area contributed by atoms with Crippen molar-refractivity contribution >= 4 is 41.3 Å². The summed E-state index contributed by atoms with van der Waals surface area (Å²) in [5.74, 6) is -1.97. The first-order valence-corrected chi connectivity index (χ1v) is 19.0. The largest absolute Gasteiger partial charge is 0.381 e. The van der Waals surface area contributed by atoms with E-state index in [1.54, 1.807) is 86.3 Å². The first-order chi connectivity index (χ1) is 25.1. The van der Waals surface area contributed by atoms with Crippen molar-refractivity contribution in [1.82, 2.24) is 25.8 Å². The molecular weight excluding hydrogens is 691 g/mol. The molecule has 2 heterocycles. The Morgan fingerprint density at radius 1 is 0.868 bits per heavy atom. The zero-order chi connectivity index (χ0) is 38.5. The average molecular weight is 742 g/mol. The Hall–Kier alpha value is -4.68. The molecule has 11 nitrogen and oxygen atoms in total. The zero-order valence-corrected chi connectivity index (χ0v) is 32.1. The van der Waals surface area contributed by atoms with Gasteiger partial charge in [-0.2, -0.15) is 0 Å². The van der Waals surface area contributed by atoms with Crippen LogP contribution in [0.2, 0.25) is 0 Å². The van der Waals surface area contributed by atoms with Gasteiger partial charge < -0.3 is 30.9 Å². The van der Waals surface area contributed by atoms with Crippen molar-refractivity contribution in [2.75, 3.05) is 19.0 Å². The SMILES string of the molecule is CC(C)CN1CC2(C)SCN(C(=O)[C@@H](O)[C@H](Cc3ccccc3)NC(=O)[C@@H](NC(=O)[C@@H](NC(=O)c3ccccc3)c3ccccc3)C(C)(C)C)[C@H]2C1=O. The number of nitrogens with zero attached hydrogens (tertiary/aromatic N) is 2. The number of amides is 5. The van der Waals surface area contributed by atoms with Crippen molar-refractivity contribution in [2.24, 2.45) is 11.3 Å². The van der Waals surface area contributed by atoms with Crippen LogP contribution in [0.5, 0.6) is 0 Å². The van der Waals surface area contributed by atoms with Crippen LogP contribution in [0.25, 0.3) is 0 Å². The molecule has 0 saturated carbocycles. The van der Waals surface area contributed by atoms with Crippen molar-refractivity contribution in [2.45, 2.75) is 83.0 Å². The molecule has 282 valence electrons. The number of likely N-dealkylation sites (tertiary alicyclic amines) is 1. The van der Waals surface area contributed by atoms with Crippen LogP contribution >= 0.6 is 11.8 Å². The fourth-order valence-electron chi connectivity index (χ4n) is 7.01. The van der Waals surface area contributed by atoms with Gasteiger partial charge in [0.2, 0.25) is 17.7 Å². The number of fused-ring (bicyclic) bond motifs is 1. The first kappa shape index (κ1) is 39.5. The Kier molecular flexibility index (Phi) is 12.3. The molecule has 4 N–H and O–H groups in total. The summed E-state index contributed by atoms with van der Waals surface area (Å²) < 4.78 is -0.521. The minimum absolute atomic E-state index is 0.112. The predicted molar refractivity (Wildman–Crippen MR) is 205 cm³/mol. The molecule has 5 amide bonds. The van der Waals surface area contributed by atoms with E-state index in [1.807, 2.05) is 51.1 Å². The topological polar surface area (TPSA) is 148 Å². The van der Waals surface area contributed by atoms with E-state index in [0.29, 0.717) is 24.2 Å². The monoisotopic (exact) mass is 741 g/mol. The first-order valence-electron chi connectivity index (χ1n) is 18.1. The van der Waals surface area contributed by atoms with Crippen LogP contribution in [0.3, 0.4) is 0 Å². The minimum Gasteiger partial charge on any atom is -0.381 e. The van der Waals surface area contributed by atoms with E-state index in [1.165, 1.54) is 16.7 Å². The molecule has 0 radical (unpaired) electrons. The Labute approximate surface area is 316 Å². The van der Waals surface area contributed by atoms with E-state index in [2.05, 4.69) is 16.0 Å². The van der Waals surface area contributed by atoms with Gasteiger partial charge in [0.15, 0.2) is 6.10 Å². The number of aliphatic hydroxyl groups excluding tert-OH is 1. The molecule has 2 fully saturated rings. The third-order valence-electron chi connectivity index (χ3n) is 9.72. The van der Waals surface area contributed by atoms with Crippen molar-refractivity contribution in [3.8, 4) is 0 Å². The lowest BCUT2D eigenvalue weighted by Crippen LogP contribution is -2.61. The number of carbonyl (C=O) groups is 5. The Bertz CT molecular complexity index is 1770. The summed E-state index contributed by atoms with van der Waals surface area (Å²) in [6.45, 7) is 12.5. The van der Waals surface area contributed by atoms with E-state index < -0.39 is 64.1 Å². The van der Waals surface area contributed by atoms with Gasteiger partial charge in [-0.3, -0.25) is 24.0 Å². The highest BCUT2D eigenvalue weighted by atomic mass is 32.2.